The van der Waals surface area contributed by atoms with Gasteiger partial charge in [0.05, 0.1) is 5.51 Å². The highest BCUT2D eigenvalue weighted by Crippen LogP contribution is 2.24. The Hall–Kier alpha value is -1.33. The van der Waals surface area contributed by atoms with Gasteiger partial charge in [-0.25, -0.2) is 15.0 Å². The Morgan fingerprint density at radius 3 is 2.50 bits per heavy atom. The van der Waals surface area contributed by atoms with Crippen LogP contribution in [-0.4, -0.2) is 28.0 Å². The van der Waals surface area contributed by atoms with Gasteiger partial charge in [-0.3, -0.25) is 0 Å². The number of hydrogen-bond donors (Lipinski definition) is 1. The van der Waals surface area contributed by atoms with Gasteiger partial charge in [-0.15, -0.1) is 11.3 Å². The van der Waals surface area contributed by atoms with Crippen molar-refractivity contribution in [3.05, 3.63) is 27.8 Å². The SMILES string of the molecule is CCCNCC(C)c1c(C)nc(-c2cscn2)nc1C. The zero-order valence-electron chi connectivity index (χ0n) is 12.6. The van der Waals surface area contributed by atoms with Crippen LogP contribution in [0.3, 0.4) is 0 Å². The van der Waals surface area contributed by atoms with E-state index in [1.165, 1.54) is 5.56 Å². The van der Waals surface area contributed by atoms with Crippen molar-refractivity contribution in [1.82, 2.24) is 20.3 Å². The highest BCUT2D eigenvalue weighted by molar-refractivity contribution is 7.07. The van der Waals surface area contributed by atoms with Crippen LogP contribution < -0.4 is 5.32 Å². The summed E-state index contributed by atoms with van der Waals surface area (Å²) in [5.74, 6) is 1.16. The van der Waals surface area contributed by atoms with Gasteiger partial charge >= 0.3 is 0 Å². The predicted molar refractivity (Wildman–Crippen MR) is 84.2 cm³/mol. The monoisotopic (exact) mass is 290 g/mol. The molecule has 5 heteroatoms. The maximum Gasteiger partial charge on any atom is 0.179 e. The van der Waals surface area contributed by atoms with E-state index < -0.39 is 0 Å². The number of aromatic nitrogens is 3. The van der Waals surface area contributed by atoms with Crippen LogP contribution in [0.1, 0.15) is 43.1 Å². The summed E-state index contributed by atoms with van der Waals surface area (Å²) < 4.78 is 0. The van der Waals surface area contributed by atoms with Crippen LogP contribution in [0, 0.1) is 13.8 Å². The zero-order chi connectivity index (χ0) is 14.5. The molecule has 4 nitrogen and oxygen atoms in total. The van der Waals surface area contributed by atoms with E-state index in [0.29, 0.717) is 5.92 Å². The number of thiazole rings is 1. The molecule has 0 aliphatic carbocycles. The van der Waals surface area contributed by atoms with Crippen LogP contribution in [0.4, 0.5) is 0 Å². The first kappa shape index (κ1) is 15.1. The molecule has 2 heterocycles. The molecule has 2 rings (SSSR count). The van der Waals surface area contributed by atoms with Gasteiger partial charge in [-0.05, 0) is 38.3 Å². The average Bonchev–Trinajstić information content (AvgIpc) is 2.92. The predicted octanol–water partition coefficient (Wildman–Crippen LogP) is 3.32. The van der Waals surface area contributed by atoms with E-state index in [-0.39, 0.29) is 0 Å². The zero-order valence-corrected chi connectivity index (χ0v) is 13.4. The number of nitrogens with zero attached hydrogens (tertiary/aromatic N) is 3. The van der Waals surface area contributed by atoms with Gasteiger partial charge in [0.2, 0.25) is 0 Å². The number of hydrogen-bond acceptors (Lipinski definition) is 5. The van der Waals surface area contributed by atoms with Gasteiger partial charge in [-0.1, -0.05) is 13.8 Å². The molecule has 0 aliphatic rings. The van der Waals surface area contributed by atoms with Gasteiger partial charge in [-0.2, -0.15) is 0 Å². The first-order valence-corrected chi connectivity index (χ1v) is 8.02. The molecule has 0 amide bonds. The first-order valence-electron chi connectivity index (χ1n) is 7.07. The van der Waals surface area contributed by atoms with Gasteiger partial charge in [0.15, 0.2) is 5.82 Å². The van der Waals surface area contributed by atoms with Gasteiger partial charge < -0.3 is 5.32 Å². The topological polar surface area (TPSA) is 50.7 Å². The van der Waals surface area contributed by atoms with Crippen molar-refractivity contribution in [2.45, 2.75) is 40.0 Å². The number of nitrogens with one attached hydrogen (secondary N) is 1. The summed E-state index contributed by atoms with van der Waals surface area (Å²) in [5.41, 5.74) is 6.06. The molecule has 0 saturated carbocycles. The Bertz CT molecular complexity index is 528. The molecule has 2 aromatic heterocycles. The Balaban J connectivity index is 2.22. The minimum Gasteiger partial charge on any atom is -0.316 e. The molecule has 108 valence electrons. The van der Waals surface area contributed by atoms with Crippen molar-refractivity contribution in [2.24, 2.45) is 0 Å². The minimum absolute atomic E-state index is 0.422. The normalized spacial score (nSPS) is 12.6. The molecule has 1 unspecified atom stereocenters. The summed E-state index contributed by atoms with van der Waals surface area (Å²) >= 11 is 1.57. The fourth-order valence-corrected chi connectivity index (χ4v) is 3.00. The van der Waals surface area contributed by atoms with Crippen molar-refractivity contribution in [3.63, 3.8) is 0 Å². The third-order valence-electron chi connectivity index (χ3n) is 3.36. The van der Waals surface area contributed by atoms with Crippen molar-refractivity contribution < 1.29 is 0 Å². The van der Waals surface area contributed by atoms with E-state index in [4.69, 9.17) is 0 Å². The molecule has 0 aromatic carbocycles. The molecule has 0 spiro atoms. The Labute approximate surface area is 124 Å². The van der Waals surface area contributed by atoms with E-state index in [2.05, 4.69) is 48.0 Å². The van der Waals surface area contributed by atoms with Crippen LogP contribution in [0.25, 0.3) is 11.5 Å². The fraction of sp³-hybridized carbons (Fsp3) is 0.533. The van der Waals surface area contributed by atoms with Gasteiger partial charge in [0.25, 0.3) is 0 Å². The summed E-state index contributed by atoms with van der Waals surface area (Å²) in [6, 6.07) is 0. The highest BCUT2D eigenvalue weighted by Gasteiger charge is 2.16. The lowest BCUT2D eigenvalue weighted by molar-refractivity contribution is 0.601. The lowest BCUT2D eigenvalue weighted by Gasteiger charge is -2.17. The van der Waals surface area contributed by atoms with Crippen LogP contribution in [0.15, 0.2) is 10.9 Å². The van der Waals surface area contributed by atoms with Crippen LogP contribution in [-0.2, 0) is 0 Å². The molecule has 1 N–H and O–H groups in total. The maximum absolute atomic E-state index is 4.63. The second kappa shape index (κ2) is 6.90. The second-order valence-electron chi connectivity index (χ2n) is 5.11. The van der Waals surface area contributed by atoms with Crippen LogP contribution in [0.5, 0.6) is 0 Å². The molecule has 0 saturated heterocycles. The van der Waals surface area contributed by atoms with Crippen molar-refractivity contribution >= 4 is 11.3 Å². The van der Waals surface area contributed by atoms with Crippen molar-refractivity contribution in [3.8, 4) is 11.5 Å². The standard InChI is InChI=1S/C15H22N4S/c1-5-6-16-7-10(2)14-11(3)18-15(19-12(14)4)13-8-20-9-17-13/h8-10,16H,5-7H2,1-4H3. The molecular weight excluding hydrogens is 268 g/mol. The average molecular weight is 290 g/mol. The molecule has 0 bridgehead atoms. The summed E-state index contributed by atoms with van der Waals surface area (Å²) in [5, 5.41) is 5.45. The fourth-order valence-electron chi connectivity index (χ4n) is 2.47. The second-order valence-corrected chi connectivity index (χ2v) is 5.83. The molecule has 0 radical (unpaired) electrons. The Morgan fingerprint density at radius 2 is 1.95 bits per heavy atom. The smallest absolute Gasteiger partial charge is 0.179 e. The van der Waals surface area contributed by atoms with E-state index in [1.54, 1.807) is 11.3 Å². The van der Waals surface area contributed by atoms with Crippen molar-refractivity contribution in [1.29, 1.82) is 0 Å². The van der Waals surface area contributed by atoms with E-state index in [0.717, 1.165) is 42.4 Å². The van der Waals surface area contributed by atoms with E-state index >= 15 is 0 Å². The van der Waals surface area contributed by atoms with Gasteiger partial charge in [0.1, 0.15) is 5.69 Å². The molecule has 0 fully saturated rings. The maximum atomic E-state index is 4.63. The van der Waals surface area contributed by atoms with Gasteiger partial charge in [0, 0.05) is 23.3 Å². The van der Waals surface area contributed by atoms with Crippen molar-refractivity contribution in [2.75, 3.05) is 13.1 Å². The highest BCUT2D eigenvalue weighted by atomic mass is 32.1. The third kappa shape index (κ3) is 3.41. The van der Waals surface area contributed by atoms with E-state index in [1.807, 2.05) is 10.9 Å². The summed E-state index contributed by atoms with van der Waals surface area (Å²) in [4.78, 5) is 13.5. The minimum atomic E-state index is 0.422. The van der Waals surface area contributed by atoms with Crippen LogP contribution in [0.2, 0.25) is 0 Å². The lowest BCUT2D eigenvalue weighted by Crippen LogP contribution is -2.22. The number of aryl methyl sites for hydroxylation is 2. The largest absolute Gasteiger partial charge is 0.316 e. The number of rotatable bonds is 6. The Kier molecular flexibility index (Phi) is 5.20. The third-order valence-corrected chi connectivity index (χ3v) is 3.94. The Morgan fingerprint density at radius 1 is 1.25 bits per heavy atom. The summed E-state index contributed by atoms with van der Waals surface area (Å²) in [7, 11) is 0. The molecule has 2 aromatic rings. The van der Waals surface area contributed by atoms with E-state index in [9.17, 15) is 0 Å². The molecular formula is C15H22N4S. The lowest BCUT2D eigenvalue weighted by atomic mass is 9.98. The molecule has 1 atom stereocenters. The first-order chi connectivity index (χ1) is 9.63. The quantitative estimate of drug-likeness (QED) is 0.829. The summed E-state index contributed by atoms with van der Waals surface area (Å²) in [6.07, 6.45) is 1.16. The molecule has 20 heavy (non-hydrogen) atoms. The summed E-state index contributed by atoms with van der Waals surface area (Å²) in [6.45, 7) is 10.6. The molecule has 0 aliphatic heterocycles. The van der Waals surface area contributed by atoms with Crippen LogP contribution >= 0.6 is 11.3 Å².